The van der Waals surface area contributed by atoms with Crippen LogP contribution in [0.2, 0.25) is 0 Å². The summed E-state index contributed by atoms with van der Waals surface area (Å²) in [5, 5.41) is 38.3. The Hall–Kier alpha value is -1.76. The van der Waals surface area contributed by atoms with Crippen LogP contribution in [0.15, 0.2) is 12.2 Å². The van der Waals surface area contributed by atoms with E-state index in [0.717, 1.165) is 0 Å². The average molecular weight is 861 g/mol. The second-order valence-corrected chi connectivity index (χ2v) is 16.1. The third-order valence-electron chi connectivity index (χ3n) is 11.6. The van der Waals surface area contributed by atoms with Crippen molar-refractivity contribution in [1.29, 1.82) is 0 Å². The highest BCUT2D eigenvalue weighted by atomic mass is 19.4. The van der Waals surface area contributed by atoms with E-state index in [2.05, 4.69) is 0 Å². The molecule has 56 heavy (non-hydrogen) atoms. The van der Waals surface area contributed by atoms with Crippen molar-refractivity contribution in [2.75, 3.05) is 0 Å². The lowest BCUT2D eigenvalue weighted by Crippen LogP contribution is -2.58. The number of allylic oxidation sites excluding steroid dienone is 1. The summed E-state index contributed by atoms with van der Waals surface area (Å²) in [5.41, 5.74) is -17.0. The summed E-state index contributed by atoms with van der Waals surface area (Å²) in [6, 6.07) is 0. The number of alkyl halides is 18. The molecule has 6 rings (SSSR count). The third kappa shape index (κ3) is 9.65. The quantitative estimate of drug-likeness (QED) is 0.117. The Kier molecular flexibility index (Phi) is 12.1. The van der Waals surface area contributed by atoms with Crippen LogP contribution in [-0.2, 0) is 9.47 Å². The molecule has 0 aromatic heterocycles. The molecule has 0 saturated heterocycles. The molecule has 5 saturated carbocycles. The molecule has 12 atom stereocenters. The van der Waals surface area contributed by atoms with Crippen LogP contribution >= 0.6 is 0 Å². The molecular formula is C32H38F18O6. The Morgan fingerprint density at radius 2 is 0.929 bits per heavy atom. The standard InChI is InChI=1S/2C16H19F9O3/c1-12(26,15(20,21)22)5-13(27,16(23,24)25)4-9(14(17,18)19)28-11-6-2-7-8(3-6)10(7)11;1-12(26,15(20,21)22)7-13(27,16(23,24)25)6-11(14(17,18)19)28-10-5-8-2-3-9(10)4-8/h6-11,26-27H,2-5H2,1H3;2-3,8-11,26-27H,4-7H2,1H3. The molecular weight excluding hydrogens is 822 g/mol. The Morgan fingerprint density at radius 1 is 0.536 bits per heavy atom. The molecule has 5 fully saturated rings. The van der Waals surface area contributed by atoms with Gasteiger partial charge in [-0.05, 0) is 69.1 Å². The average Bonchev–Trinajstić information content (AvgIpc) is 3.57. The highest BCUT2D eigenvalue weighted by molar-refractivity contribution is 5.18. The Labute approximate surface area is 306 Å². The summed E-state index contributed by atoms with van der Waals surface area (Å²) in [7, 11) is 0. The van der Waals surface area contributed by atoms with Gasteiger partial charge in [-0.25, -0.2) is 0 Å². The van der Waals surface area contributed by atoms with Crippen LogP contribution in [0.1, 0.15) is 65.2 Å². The molecule has 0 radical (unpaired) electrons. The number of ether oxygens (including phenoxy) is 2. The topological polar surface area (TPSA) is 99.4 Å². The summed E-state index contributed by atoms with van der Waals surface area (Å²) >= 11 is 0. The fraction of sp³-hybridized carbons (Fsp3) is 0.938. The first-order valence-electron chi connectivity index (χ1n) is 17.0. The van der Waals surface area contributed by atoms with Gasteiger partial charge in [0.1, 0.15) is 0 Å². The maximum absolute atomic E-state index is 13.4. The summed E-state index contributed by atoms with van der Waals surface area (Å²) in [6.45, 7) is -0.0817. The first-order chi connectivity index (χ1) is 24.7. The molecule has 0 aromatic rings. The molecule has 24 heteroatoms. The molecule has 12 unspecified atom stereocenters. The van der Waals surface area contributed by atoms with Gasteiger partial charge in [0.25, 0.3) is 0 Å². The van der Waals surface area contributed by atoms with Crippen LogP contribution < -0.4 is 0 Å². The molecule has 6 nitrogen and oxygen atoms in total. The molecule has 0 aliphatic heterocycles. The van der Waals surface area contributed by atoms with E-state index in [1.807, 2.05) is 0 Å². The van der Waals surface area contributed by atoms with Gasteiger partial charge in [0.15, 0.2) is 34.6 Å². The smallest absolute Gasteiger partial charge is 0.381 e. The van der Waals surface area contributed by atoms with Crippen molar-refractivity contribution in [3.63, 3.8) is 0 Å². The highest BCUT2D eigenvalue weighted by Gasteiger charge is 2.71. The van der Waals surface area contributed by atoms with Crippen molar-refractivity contribution in [2.24, 2.45) is 35.5 Å². The maximum atomic E-state index is 13.4. The summed E-state index contributed by atoms with van der Waals surface area (Å²) in [5.74, 6) is -0.523. The number of halogens is 18. The Morgan fingerprint density at radius 3 is 1.20 bits per heavy atom. The van der Waals surface area contributed by atoms with E-state index in [1.54, 1.807) is 12.2 Å². The number of rotatable bonds is 12. The zero-order valence-electron chi connectivity index (χ0n) is 29.0. The van der Waals surface area contributed by atoms with Crippen molar-refractivity contribution >= 4 is 0 Å². The minimum Gasteiger partial charge on any atom is -0.381 e. The number of aliphatic hydroxyl groups is 4. The van der Waals surface area contributed by atoms with Crippen LogP contribution in [0.3, 0.4) is 0 Å². The SMILES string of the molecule is CC(O)(CC(O)(CC(OC1C2CC3C(C2)C31)C(F)(F)F)C(F)(F)F)C(F)(F)F.CC(O)(CC(O)(CC(OC1CC2C=CC1C2)C(F)(F)F)C(F)(F)F)C(F)(F)F. The van der Waals surface area contributed by atoms with E-state index in [9.17, 15) is 99.5 Å². The minimum absolute atomic E-state index is 0.0340. The summed E-state index contributed by atoms with van der Waals surface area (Å²) < 4.78 is 246. The van der Waals surface area contributed by atoms with Gasteiger partial charge < -0.3 is 29.9 Å². The maximum Gasteiger partial charge on any atom is 0.417 e. The first-order valence-corrected chi connectivity index (χ1v) is 17.0. The lowest BCUT2D eigenvalue weighted by Gasteiger charge is -2.40. The van der Waals surface area contributed by atoms with Crippen LogP contribution in [-0.4, -0.2) is 104 Å². The van der Waals surface area contributed by atoms with Crippen LogP contribution in [0.5, 0.6) is 0 Å². The Balaban J connectivity index is 0.000000249. The van der Waals surface area contributed by atoms with E-state index >= 15 is 0 Å². The number of hydrogen-bond acceptors (Lipinski definition) is 6. The van der Waals surface area contributed by atoms with E-state index in [-0.39, 0.29) is 49.9 Å². The molecule has 6 aliphatic carbocycles. The van der Waals surface area contributed by atoms with Crippen molar-refractivity contribution in [3.8, 4) is 0 Å². The molecule has 6 aliphatic rings. The largest absolute Gasteiger partial charge is 0.417 e. The monoisotopic (exact) mass is 860 g/mol. The van der Waals surface area contributed by atoms with Crippen molar-refractivity contribution in [1.82, 2.24) is 0 Å². The zero-order chi connectivity index (χ0) is 43.3. The number of fused-ring (bicyclic) bond motifs is 2. The summed E-state index contributed by atoms with van der Waals surface area (Å²) in [4.78, 5) is 0. The lowest BCUT2D eigenvalue weighted by atomic mass is 9.82. The second-order valence-electron chi connectivity index (χ2n) is 16.1. The van der Waals surface area contributed by atoms with Gasteiger partial charge in [-0.15, -0.1) is 0 Å². The second kappa shape index (κ2) is 14.5. The van der Waals surface area contributed by atoms with E-state index in [1.165, 1.54) is 0 Å². The van der Waals surface area contributed by atoms with Gasteiger partial charge >= 0.3 is 37.1 Å². The van der Waals surface area contributed by atoms with Gasteiger partial charge in [0.05, 0.1) is 12.2 Å². The van der Waals surface area contributed by atoms with Crippen molar-refractivity contribution in [3.05, 3.63) is 12.2 Å². The van der Waals surface area contributed by atoms with Crippen molar-refractivity contribution < 1.29 is 109 Å². The predicted molar refractivity (Wildman–Crippen MR) is 152 cm³/mol. The number of hydrogen-bond donors (Lipinski definition) is 4. The van der Waals surface area contributed by atoms with Crippen molar-refractivity contribution in [2.45, 2.75) is 149 Å². The molecule has 0 spiro atoms. The first kappa shape index (κ1) is 46.9. The van der Waals surface area contributed by atoms with Crippen LogP contribution in [0.25, 0.3) is 0 Å². The normalized spacial score (nSPS) is 34.2. The van der Waals surface area contributed by atoms with E-state index in [4.69, 9.17) is 9.47 Å². The predicted octanol–water partition coefficient (Wildman–Crippen LogP) is 8.26. The molecule has 0 aromatic carbocycles. The van der Waals surface area contributed by atoms with Gasteiger partial charge in [0, 0.05) is 31.6 Å². The zero-order valence-corrected chi connectivity index (χ0v) is 29.0. The van der Waals surface area contributed by atoms with Gasteiger partial charge in [-0.2, -0.15) is 79.0 Å². The fourth-order valence-electron chi connectivity index (χ4n) is 8.50. The van der Waals surface area contributed by atoms with Gasteiger partial charge in [0.2, 0.25) is 0 Å². The van der Waals surface area contributed by atoms with E-state index in [0.29, 0.717) is 19.3 Å². The van der Waals surface area contributed by atoms with E-state index < -0.39 is 115 Å². The molecule has 0 amide bonds. The third-order valence-corrected chi connectivity index (χ3v) is 11.6. The van der Waals surface area contributed by atoms with Crippen LogP contribution in [0, 0.1) is 35.5 Å². The highest BCUT2D eigenvalue weighted by Crippen LogP contribution is 2.71. The molecule has 0 heterocycles. The lowest BCUT2D eigenvalue weighted by molar-refractivity contribution is -0.329. The van der Waals surface area contributed by atoms with Gasteiger partial charge in [-0.3, -0.25) is 0 Å². The van der Waals surface area contributed by atoms with Gasteiger partial charge in [-0.1, -0.05) is 12.2 Å². The Bertz CT molecular complexity index is 1400. The van der Waals surface area contributed by atoms with Crippen LogP contribution in [0.4, 0.5) is 79.0 Å². The molecule has 4 N–H and O–H groups in total. The molecule has 6 bridgehead atoms. The summed E-state index contributed by atoms with van der Waals surface area (Å²) in [6.07, 6.45) is -45.9. The molecule has 328 valence electrons. The minimum atomic E-state index is -5.87. The fourth-order valence-corrected chi connectivity index (χ4v) is 8.50.